The highest BCUT2D eigenvalue weighted by atomic mass is 35.5. The van der Waals surface area contributed by atoms with Crippen molar-refractivity contribution in [1.29, 1.82) is 0 Å². The van der Waals surface area contributed by atoms with Crippen LogP contribution in [0.25, 0.3) is 0 Å². The number of ether oxygens (including phenoxy) is 1. The summed E-state index contributed by atoms with van der Waals surface area (Å²) in [5, 5.41) is 7.11. The molecule has 2 N–H and O–H groups in total. The predicted octanol–water partition coefficient (Wildman–Crippen LogP) is 2.66. The number of nitrogens with one attached hydrogen (secondary N) is 2. The Morgan fingerprint density at radius 2 is 2.05 bits per heavy atom. The van der Waals surface area contributed by atoms with E-state index >= 15 is 0 Å². The number of carbonyl (C=O) groups excluding carboxylic acids is 1. The fourth-order valence-electron chi connectivity index (χ4n) is 1.98. The molecule has 0 bridgehead atoms. The topological polar surface area (TPSA) is 50.4 Å². The van der Waals surface area contributed by atoms with Crippen molar-refractivity contribution in [3.05, 3.63) is 28.2 Å². The SMILES string of the molecule is Cl.O=C(COc1cc(Cl)cc(Cl)c1)NCC1CCCN1. The molecule has 1 aromatic carbocycles. The lowest BCUT2D eigenvalue weighted by molar-refractivity contribution is -0.123. The summed E-state index contributed by atoms with van der Waals surface area (Å²) in [7, 11) is 0. The van der Waals surface area contributed by atoms with Crippen LogP contribution in [-0.2, 0) is 4.79 Å². The number of hydrogen-bond acceptors (Lipinski definition) is 3. The van der Waals surface area contributed by atoms with Gasteiger partial charge in [0.1, 0.15) is 5.75 Å². The second-order valence-electron chi connectivity index (χ2n) is 4.49. The van der Waals surface area contributed by atoms with E-state index in [1.165, 1.54) is 0 Å². The number of halogens is 3. The lowest BCUT2D eigenvalue weighted by Crippen LogP contribution is -2.39. The van der Waals surface area contributed by atoms with Crippen LogP contribution in [0.1, 0.15) is 12.8 Å². The molecule has 1 aliphatic heterocycles. The number of amides is 1. The monoisotopic (exact) mass is 338 g/mol. The summed E-state index contributed by atoms with van der Waals surface area (Å²) in [6.45, 7) is 1.62. The molecule has 1 unspecified atom stereocenters. The summed E-state index contributed by atoms with van der Waals surface area (Å²) in [4.78, 5) is 11.6. The van der Waals surface area contributed by atoms with Gasteiger partial charge in [-0.05, 0) is 37.6 Å². The highest BCUT2D eigenvalue weighted by Crippen LogP contribution is 2.23. The number of hydrogen-bond donors (Lipinski definition) is 2. The third-order valence-corrected chi connectivity index (χ3v) is 3.35. The number of benzene rings is 1. The van der Waals surface area contributed by atoms with Gasteiger partial charge in [-0.1, -0.05) is 23.2 Å². The van der Waals surface area contributed by atoms with E-state index in [1.807, 2.05) is 0 Å². The molecule has 0 spiro atoms. The van der Waals surface area contributed by atoms with Gasteiger partial charge in [-0.15, -0.1) is 12.4 Å². The highest BCUT2D eigenvalue weighted by molar-refractivity contribution is 6.34. The molecule has 112 valence electrons. The molecule has 1 saturated heterocycles. The van der Waals surface area contributed by atoms with Gasteiger partial charge in [-0.3, -0.25) is 4.79 Å². The van der Waals surface area contributed by atoms with E-state index in [9.17, 15) is 4.79 Å². The Bertz CT molecular complexity index is 431. The van der Waals surface area contributed by atoms with Gasteiger partial charge in [0, 0.05) is 22.6 Å². The van der Waals surface area contributed by atoms with Crippen LogP contribution in [-0.4, -0.2) is 31.6 Å². The quantitative estimate of drug-likeness (QED) is 0.867. The van der Waals surface area contributed by atoms with Gasteiger partial charge in [-0.2, -0.15) is 0 Å². The highest BCUT2D eigenvalue weighted by Gasteiger charge is 2.14. The zero-order valence-electron chi connectivity index (χ0n) is 10.8. The van der Waals surface area contributed by atoms with E-state index in [0.29, 0.717) is 28.4 Å². The normalized spacial score (nSPS) is 17.4. The van der Waals surface area contributed by atoms with Crippen LogP contribution in [0.5, 0.6) is 5.75 Å². The van der Waals surface area contributed by atoms with Crippen molar-refractivity contribution in [2.75, 3.05) is 19.7 Å². The molecule has 20 heavy (non-hydrogen) atoms. The van der Waals surface area contributed by atoms with Gasteiger partial charge < -0.3 is 15.4 Å². The number of rotatable bonds is 5. The molecule has 1 aliphatic rings. The van der Waals surface area contributed by atoms with E-state index in [4.69, 9.17) is 27.9 Å². The van der Waals surface area contributed by atoms with Crippen molar-refractivity contribution in [3.8, 4) is 5.75 Å². The Hall–Kier alpha value is -0.680. The molecular weight excluding hydrogens is 323 g/mol. The van der Waals surface area contributed by atoms with E-state index in [-0.39, 0.29) is 24.9 Å². The van der Waals surface area contributed by atoms with Crippen LogP contribution in [0.4, 0.5) is 0 Å². The Morgan fingerprint density at radius 1 is 1.35 bits per heavy atom. The molecule has 1 fully saturated rings. The minimum absolute atomic E-state index is 0. The minimum atomic E-state index is -0.148. The first-order valence-corrected chi connectivity index (χ1v) is 6.98. The summed E-state index contributed by atoms with van der Waals surface area (Å²) >= 11 is 11.7. The van der Waals surface area contributed by atoms with Crippen LogP contribution < -0.4 is 15.4 Å². The Kier molecular flexibility index (Phi) is 7.45. The Morgan fingerprint density at radius 3 is 2.65 bits per heavy atom. The van der Waals surface area contributed by atoms with Crippen LogP contribution >= 0.6 is 35.6 Å². The zero-order valence-corrected chi connectivity index (χ0v) is 13.2. The second kappa shape index (κ2) is 8.57. The molecule has 2 rings (SSSR count). The maximum Gasteiger partial charge on any atom is 0.257 e. The standard InChI is InChI=1S/C13H16Cl2N2O2.ClH/c14-9-4-10(15)6-12(5-9)19-8-13(18)17-7-11-2-1-3-16-11;/h4-6,11,16H,1-3,7-8H2,(H,17,18);1H. The summed E-state index contributed by atoms with van der Waals surface area (Å²) in [6.07, 6.45) is 2.27. The smallest absolute Gasteiger partial charge is 0.257 e. The largest absolute Gasteiger partial charge is 0.484 e. The average molecular weight is 340 g/mol. The summed E-state index contributed by atoms with van der Waals surface area (Å²) in [5.74, 6) is 0.344. The first-order chi connectivity index (χ1) is 9.13. The van der Waals surface area contributed by atoms with Gasteiger partial charge in [0.2, 0.25) is 0 Å². The Balaban J connectivity index is 0.00000200. The third-order valence-electron chi connectivity index (χ3n) is 2.91. The first kappa shape index (κ1) is 17.4. The molecule has 1 aromatic rings. The summed E-state index contributed by atoms with van der Waals surface area (Å²) in [5.41, 5.74) is 0. The fourth-order valence-corrected chi connectivity index (χ4v) is 2.49. The lowest BCUT2D eigenvalue weighted by atomic mass is 10.2. The summed E-state index contributed by atoms with van der Waals surface area (Å²) in [6, 6.07) is 5.24. The molecule has 7 heteroatoms. The molecular formula is C13H17Cl3N2O2. The van der Waals surface area contributed by atoms with E-state index in [1.54, 1.807) is 18.2 Å². The van der Waals surface area contributed by atoms with Gasteiger partial charge >= 0.3 is 0 Å². The molecule has 0 aliphatic carbocycles. The van der Waals surface area contributed by atoms with Crippen LogP contribution in [0.15, 0.2) is 18.2 Å². The zero-order chi connectivity index (χ0) is 13.7. The number of carbonyl (C=O) groups is 1. The average Bonchev–Trinajstić information content (AvgIpc) is 2.86. The minimum Gasteiger partial charge on any atom is -0.484 e. The van der Waals surface area contributed by atoms with E-state index in [0.717, 1.165) is 19.4 Å². The van der Waals surface area contributed by atoms with Crippen molar-refractivity contribution >= 4 is 41.5 Å². The van der Waals surface area contributed by atoms with E-state index < -0.39 is 0 Å². The lowest BCUT2D eigenvalue weighted by Gasteiger charge is -2.12. The van der Waals surface area contributed by atoms with Crippen LogP contribution in [0.2, 0.25) is 10.0 Å². The van der Waals surface area contributed by atoms with Crippen molar-refractivity contribution in [3.63, 3.8) is 0 Å². The molecule has 4 nitrogen and oxygen atoms in total. The van der Waals surface area contributed by atoms with Gasteiger partial charge in [0.15, 0.2) is 6.61 Å². The third kappa shape index (κ3) is 5.75. The maximum atomic E-state index is 11.6. The first-order valence-electron chi connectivity index (χ1n) is 6.22. The molecule has 0 radical (unpaired) electrons. The Labute approximate surface area is 134 Å². The molecule has 0 saturated carbocycles. The molecule has 1 atom stereocenters. The summed E-state index contributed by atoms with van der Waals surface area (Å²) < 4.78 is 5.34. The predicted molar refractivity (Wildman–Crippen MR) is 83.2 cm³/mol. The van der Waals surface area contributed by atoms with Gasteiger partial charge in [0.25, 0.3) is 5.91 Å². The van der Waals surface area contributed by atoms with Gasteiger partial charge in [-0.25, -0.2) is 0 Å². The maximum absolute atomic E-state index is 11.6. The molecule has 0 aromatic heterocycles. The molecule has 1 heterocycles. The molecule has 1 amide bonds. The van der Waals surface area contributed by atoms with Crippen molar-refractivity contribution in [2.45, 2.75) is 18.9 Å². The van der Waals surface area contributed by atoms with Crippen LogP contribution in [0.3, 0.4) is 0 Å². The van der Waals surface area contributed by atoms with Crippen molar-refractivity contribution in [2.24, 2.45) is 0 Å². The fraction of sp³-hybridized carbons (Fsp3) is 0.462. The van der Waals surface area contributed by atoms with Crippen molar-refractivity contribution < 1.29 is 9.53 Å². The van der Waals surface area contributed by atoms with E-state index in [2.05, 4.69) is 10.6 Å². The van der Waals surface area contributed by atoms with Crippen molar-refractivity contribution in [1.82, 2.24) is 10.6 Å². The van der Waals surface area contributed by atoms with Gasteiger partial charge in [0.05, 0.1) is 0 Å². The second-order valence-corrected chi connectivity index (χ2v) is 5.36. The van der Waals surface area contributed by atoms with Crippen LogP contribution in [0, 0.1) is 0 Å².